The van der Waals surface area contributed by atoms with E-state index in [4.69, 9.17) is 9.47 Å². The summed E-state index contributed by atoms with van der Waals surface area (Å²) < 4.78 is 10.6. The topological polar surface area (TPSA) is 55.8 Å². The Bertz CT molecular complexity index is 486. The molecule has 0 aliphatic carbocycles. The average Bonchev–Trinajstić information content (AvgIpc) is 2.37. The molecular weight excluding hydrogens is 246 g/mol. The molecule has 0 radical (unpaired) electrons. The standard InChI is InChI=1S/C14H17NO4/c1-3-18-14(17)8-11-9-15(10(2)16)12-6-4-5-7-13(12)19-11/h4-7,11H,3,8-9H2,1-2H3. The first kappa shape index (κ1) is 13.4. The van der Waals surface area contributed by atoms with E-state index in [1.54, 1.807) is 17.9 Å². The Morgan fingerprint density at radius 1 is 1.42 bits per heavy atom. The molecule has 0 aromatic heterocycles. The summed E-state index contributed by atoms with van der Waals surface area (Å²) in [7, 11) is 0. The summed E-state index contributed by atoms with van der Waals surface area (Å²) in [6, 6.07) is 7.31. The zero-order chi connectivity index (χ0) is 13.8. The molecule has 1 amide bonds. The summed E-state index contributed by atoms with van der Waals surface area (Å²) in [6.45, 7) is 3.98. The molecule has 0 saturated heterocycles. The van der Waals surface area contributed by atoms with Crippen LogP contribution in [0.4, 0.5) is 5.69 Å². The van der Waals surface area contributed by atoms with Crippen molar-refractivity contribution in [3.8, 4) is 5.75 Å². The SMILES string of the molecule is CCOC(=O)CC1CN(C(C)=O)c2ccccc2O1. The molecule has 0 fully saturated rings. The largest absolute Gasteiger partial charge is 0.486 e. The van der Waals surface area contributed by atoms with Gasteiger partial charge in [-0.25, -0.2) is 0 Å². The number of nitrogens with zero attached hydrogens (tertiary/aromatic N) is 1. The molecule has 0 spiro atoms. The van der Waals surface area contributed by atoms with E-state index in [-0.39, 0.29) is 24.4 Å². The predicted octanol–water partition coefficient (Wildman–Crippen LogP) is 1.75. The number of rotatable bonds is 3. The van der Waals surface area contributed by atoms with Crippen molar-refractivity contribution in [3.63, 3.8) is 0 Å². The lowest BCUT2D eigenvalue weighted by Crippen LogP contribution is -2.43. The Kier molecular flexibility index (Phi) is 4.04. The van der Waals surface area contributed by atoms with Gasteiger partial charge in [0.2, 0.25) is 5.91 Å². The molecule has 2 rings (SSSR count). The quantitative estimate of drug-likeness (QED) is 0.780. The molecule has 1 aliphatic rings. The monoisotopic (exact) mass is 263 g/mol. The van der Waals surface area contributed by atoms with Gasteiger partial charge in [0.15, 0.2) is 0 Å². The smallest absolute Gasteiger partial charge is 0.309 e. The number of hydrogen-bond acceptors (Lipinski definition) is 4. The highest BCUT2D eigenvalue weighted by molar-refractivity contribution is 5.93. The molecule has 19 heavy (non-hydrogen) atoms. The number of anilines is 1. The molecule has 1 unspecified atom stereocenters. The first-order valence-corrected chi connectivity index (χ1v) is 6.31. The Balaban J connectivity index is 2.16. The normalized spacial score (nSPS) is 17.4. The van der Waals surface area contributed by atoms with Crippen LogP contribution in [-0.4, -0.2) is 31.1 Å². The van der Waals surface area contributed by atoms with Crippen LogP contribution in [0.5, 0.6) is 5.75 Å². The Morgan fingerprint density at radius 2 is 2.16 bits per heavy atom. The van der Waals surface area contributed by atoms with Crippen molar-refractivity contribution in [2.45, 2.75) is 26.4 Å². The minimum atomic E-state index is -0.363. The van der Waals surface area contributed by atoms with Crippen molar-refractivity contribution in [3.05, 3.63) is 24.3 Å². The summed E-state index contributed by atoms with van der Waals surface area (Å²) in [5, 5.41) is 0. The maximum Gasteiger partial charge on any atom is 0.309 e. The van der Waals surface area contributed by atoms with Crippen LogP contribution in [0.1, 0.15) is 20.3 Å². The number of carbonyl (C=O) groups excluding carboxylic acids is 2. The van der Waals surface area contributed by atoms with Crippen LogP contribution >= 0.6 is 0 Å². The molecule has 5 nitrogen and oxygen atoms in total. The molecule has 0 bridgehead atoms. The number of esters is 1. The Morgan fingerprint density at radius 3 is 2.84 bits per heavy atom. The van der Waals surface area contributed by atoms with Gasteiger partial charge in [0.1, 0.15) is 11.9 Å². The fourth-order valence-electron chi connectivity index (χ4n) is 2.11. The zero-order valence-electron chi connectivity index (χ0n) is 11.1. The maximum absolute atomic E-state index is 11.7. The Labute approximate surface area is 112 Å². The van der Waals surface area contributed by atoms with Crippen molar-refractivity contribution in [2.75, 3.05) is 18.1 Å². The van der Waals surface area contributed by atoms with Crippen LogP contribution in [0, 0.1) is 0 Å². The van der Waals surface area contributed by atoms with Gasteiger partial charge in [-0.05, 0) is 19.1 Å². The molecule has 1 aromatic carbocycles. The van der Waals surface area contributed by atoms with Crippen LogP contribution in [0.15, 0.2) is 24.3 Å². The summed E-state index contributed by atoms with van der Waals surface area (Å²) in [5.74, 6) is 0.248. The van der Waals surface area contributed by atoms with Gasteiger partial charge in [0, 0.05) is 6.92 Å². The van der Waals surface area contributed by atoms with E-state index in [9.17, 15) is 9.59 Å². The zero-order valence-corrected chi connectivity index (χ0v) is 11.1. The first-order valence-electron chi connectivity index (χ1n) is 6.31. The molecular formula is C14H17NO4. The fourth-order valence-corrected chi connectivity index (χ4v) is 2.11. The number of benzene rings is 1. The lowest BCUT2D eigenvalue weighted by molar-refractivity contribution is -0.145. The lowest BCUT2D eigenvalue weighted by atomic mass is 10.1. The number of amides is 1. The van der Waals surface area contributed by atoms with Crippen LogP contribution < -0.4 is 9.64 Å². The van der Waals surface area contributed by atoms with E-state index in [0.29, 0.717) is 18.9 Å². The third-order valence-electron chi connectivity index (χ3n) is 2.92. The summed E-state index contributed by atoms with van der Waals surface area (Å²) >= 11 is 0. The Hall–Kier alpha value is -2.04. The number of ether oxygens (including phenoxy) is 2. The lowest BCUT2D eigenvalue weighted by Gasteiger charge is -2.33. The van der Waals surface area contributed by atoms with Crippen LogP contribution in [0.2, 0.25) is 0 Å². The van der Waals surface area contributed by atoms with Crippen molar-refractivity contribution < 1.29 is 19.1 Å². The number of para-hydroxylation sites is 2. The van der Waals surface area contributed by atoms with Crippen molar-refractivity contribution in [1.82, 2.24) is 0 Å². The van der Waals surface area contributed by atoms with Gasteiger partial charge < -0.3 is 14.4 Å². The third kappa shape index (κ3) is 3.05. The van der Waals surface area contributed by atoms with Crippen molar-refractivity contribution in [1.29, 1.82) is 0 Å². The van der Waals surface area contributed by atoms with Gasteiger partial charge in [0.25, 0.3) is 0 Å². The third-order valence-corrected chi connectivity index (χ3v) is 2.92. The predicted molar refractivity (Wildman–Crippen MR) is 70.1 cm³/mol. The van der Waals surface area contributed by atoms with Gasteiger partial charge >= 0.3 is 5.97 Å². The van der Waals surface area contributed by atoms with E-state index < -0.39 is 0 Å². The summed E-state index contributed by atoms with van der Waals surface area (Å²) in [6.07, 6.45) is -0.218. The molecule has 5 heteroatoms. The van der Waals surface area contributed by atoms with Gasteiger partial charge in [-0.3, -0.25) is 9.59 Å². The van der Waals surface area contributed by atoms with E-state index in [1.165, 1.54) is 6.92 Å². The molecule has 0 saturated carbocycles. The van der Waals surface area contributed by atoms with Gasteiger partial charge in [-0.1, -0.05) is 12.1 Å². The van der Waals surface area contributed by atoms with Crippen LogP contribution in [0.3, 0.4) is 0 Å². The second-order valence-corrected chi connectivity index (χ2v) is 4.35. The van der Waals surface area contributed by atoms with E-state index >= 15 is 0 Å². The highest BCUT2D eigenvalue weighted by Gasteiger charge is 2.29. The highest BCUT2D eigenvalue weighted by atomic mass is 16.5. The summed E-state index contributed by atoms with van der Waals surface area (Å²) in [4.78, 5) is 24.8. The average molecular weight is 263 g/mol. The fraction of sp³-hybridized carbons (Fsp3) is 0.429. The molecule has 0 N–H and O–H groups in total. The second kappa shape index (κ2) is 5.73. The molecule has 1 heterocycles. The maximum atomic E-state index is 11.7. The van der Waals surface area contributed by atoms with E-state index in [1.807, 2.05) is 18.2 Å². The summed E-state index contributed by atoms with van der Waals surface area (Å²) in [5.41, 5.74) is 0.745. The first-order chi connectivity index (χ1) is 9.11. The highest BCUT2D eigenvalue weighted by Crippen LogP contribution is 2.33. The number of fused-ring (bicyclic) bond motifs is 1. The molecule has 102 valence electrons. The number of hydrogen-bond donors (Lipinski definition) is 0. The van der Waals surface area contributed by atoms with Gasteiger partial charge in [0.05, 0.1) is 25.3 Å². The van der Waals surface area contributed by atoms with Crippen molar-refractivity contribution in [2.24, 2.45) is 0 Å². The van der Waals surface area contributed by atoms with Gasteiger partial charge in [-0.2, -0.15) is 0 Å². The second-order valence-electron chi connectivity index (χ2n) is 4.35. The van der Waals surface area contributed by atoms with E-state index in [2.05, 4.69) is 0 Å². The molecule has 1 aliphatic heterocycles. The van der Waals surface area contributed by atoms with Crippen LogP contribution in [-0.2, 0) is 14.3 Å². The van der Waals surface area contributed by atoms with Crippen molar-refractivity contribution >= 4 is 17.6 Å². The minimum Gasteiger partial charge on any atom is -0.486 e. The van der Waals surface area contributed by atoms with Gasteiger partial charge in [-0.15, -0.1) is 0 Å². The van der Waals surface area contributed by atoms with Crippen LogP contribution in [0.25, 0.3) is 0 Å². The molecule has 1 aromatic rings. The number of carbonyl (C=O) groups is 2. The van der Waals surface area contributed by atoms with E-state index in [0.717, 1.165) is 5.69 Å². The minimum absolute atomic E-state index is 0.0652. The molecule has 1 atom stereocenters.